The molecule has 0 saturated carbocycles. The third kappa shape index (κ3) is 5.42. The van der Waals surface area contributed by atoms with E-state index in [1.54, 1.807) is 0 Å². The summed E-state index contributed by atoms with van der Waals surface area (Å²) in [5, 5.41) is 9.74. The summed E-state index contributed by atoms with van der Waals surface area (Å²) in [6.45, 7) is 0. The zero-order valence-corrected chi connectivity index (χ0v) is 29.0. The Balaban J connectivity index is 1.31. The van der Waals surface area contributed by atoms with Crippen molar-refractivity contribution in [2.75, 3.05) is 0 Å². The van der Waals surface area contributed by atoms with Gasteiger partial charge in [0.25, 0.3) is 0 Å². The largest absolute Gasteiger partial charge is 0.457 e. The number of benzene rings is 10. The first kappa shape index (κ1) is 30.8. The van der Waals surface area contributed by atoms with Gasteiger partial charge in [0.2, 0.25) is 0 Å². The summed E-state index contributed by atoms with van der Waals surface area (Å²) in [5.41, 5.74) is 9.64. The Bertz CT molecular complexity index is 2950. The molecule has 0 unspecified atom stereocenters. The van der Waals surface area contributed by atoms with Crippen LogP contribution in [0.4, 0.5) is 0 Å². The molecule has 0 atom stereocenters. The van der Waals surface area contributed by atoms with Crippen LogP contribution in [0.2, 0.25) is 0 Å². The van der Waals surface area contributed by atoms with Crippen molar-refractivity contribution < 1.29 is 4.74 Å². The van der Waals surface area contributed by atoms with E-state index in [9.17, 15) is 0 Å². The average molecular weight is 675 g/mol. The molecule has 53 heavy (non-hydrogen) atoms. The Kier molecular flexibility index (Phi) is 7.55. The van der Waals surface area contributed by atoms with Crippen molar-refractivity contribution in [3.8, 4) is 56.0 Å². The summed E-state index contributed by atoms with van der Waals surface area (Å²) in [6, 6.07) is 74.0. The van der Waals surface area contributed by atoms with Gasteiger partial charge in [0, 0.05) is 0 Å². The topological polar surface area (TPSA) is 9.23 Å². The SMILES string of the molecule is c1ccc(Oc2ccc3c(-c4ccc(-c5ccccc5)c(-c5ccccc5)c4)c4ccccc4c(-c4cc5ccccc5c5ccccc45)c3c2)cc1. The normalized spacial score (nSPS) is 11.4. The molecule has 0 saturated heterocycles. The fourth-order valence-electron chi connectivity index (χ4n) is 8.13. The zero-order chi connectivity index (χ0) is 35.1. The van der Waals surface area contributed by atoms with Gasteiger partial charge in [-0.05, 0) is 124 Å². The van der Waals surface area contributed by atoms with E-state index >= 15 is 0 Å². The predicted octanol–water partition coefficient (Wildman–Crippen LogP) is 14.8. The Morgan fingerprint density at radius 3 is 1.51 bits per heavy atom. The highest BCUT2D eigenvalue weighted by Crippen LogP contribution is 2.48. The minimum Gasteiger partial charge on any atom is -0.457 e. The van der Waals surface area contributed by atoms with Crippen molar-refractivity contribution in [3.05, 3.63) is 206 Å². The van der Waals surface area contributed by atoms with E-state index in [1.165, 1.54) is 82.2 Å². The lowest BCUT2D eigenvalue weighted by Crippen LogP contribution is -1.94. The second-order valence-electron chi connectivity index (χ2n) is 13.6. The number of fused-ring (bicyclic) bond motifs is 5. The standard InChI is InChI=1S/C52H34O/c1-4-16-35(17-5-1)42-30-28-38(33-48(42)36-18-6-2-7-19-36)51-45-26-14-15-27-46(45)52(50-34-40(29-31-47(50)51)53-39-21-8-3-9-22-39)49-32-37-20-10-11-23-41(37)43-24-12-13-25-44(43)49/h1-34H. The van der Waals surface area contributed by atoms with Gasteiger partial charge in [-0.2, -0.15) is 0 Å². The zero-order valence-electron chi connectivity index (χ0n) is 29.0. The second kappa shape index (κ2) is 13.0. The van der Waals surface area contributed by atoms with Gasteiger partial charge in [-0.25, -0.2) is 0 Å². The van der Waals surface area contributed by atoms with E-state index in [-0.39, 0.29) is 0 Å². The Morgan fingerprint density at radius 1 is 0.245 bits per heavy atom. The maximum atomic E-state index is 6.53. The number of rotatable bonds is 6. The van der Waals surface area contributed by atoms with Crippen molar-refractivity contribution in [3.63, 3.8) is 0 Å². The fourth-order valence-corrected chi connectivity index (χ4v) is 8.13. The van der Waals surface area contributed by atoms with Gasteiger partial charge in [-0.3, -0.25) is 0 Å². The van der Waals surface area contributed by atoms with Crippen molar-refractivity contribution >= 4 is 43.1 Å². The number of hydrogen-bond acceptors (Lipinski definition) is 1. The van der Waals surface area contributed by atoms with Crippen LogP contribution in [0.15, 0.2) is 206 Å². The van der Waals surface area contributed by atoms with Crippen LogP contribution in [-0.2, 0) is 0 Å². The van der Waals surface area contributed by atoms with Crippen LogP contribution in [0.5, 0.6) is 11.5 Å². The quantitative estimate of drug-likeness (QED) is 0.126. The van der Waals surface area contributed by atoms with E-state index in [0.29, 0.717) is 0 Å². The summed E-state index contributed by atoms with van der Waals surface area (Å²) in [4.78, 5) is 0. The van der Waals surface area contributed by atoms with Crippen molar-refractivity contribution in [1.82, 2.24) is 0 Å². The minimum atomic E-state index is 0.806. The summed E-state index contributed by atoms with van der Waals surface area (Å²) < 4.78 is 6.53. The first-order valence-corrected chi connectivity index (χ1v) is 18.2. The van der Waals surface area contributed by atoms with Crippen LogP contribution < -0.4 is 4.74 Å². The van der Waals surface area contributed by atoms with E-state index in [4.69, 9.17) is 4.74 Å². The van der Waals surface area contributed by atoms with Crippen molar-refractivity contribution in [1.29, 1.82) is 0 Å². The average Bonchev–Trinajstić information content (AvgIpc) is 3.23. The number of ether oxygens (including phenoxy) is 1. The van der Waals surface area contributed by atoms with E-state index in [1.807, 2.05) is 30.3 Å². The molecule has 10 rings (SSSR count). The molecule has 0 aliphatic heterocycles. The maximum Gasteiger partial charge on any atom is 0.128 e. The van der Waals surface area contributed by atoms with E-state index in [2.05, 4.69) is 176 Å². The third-order valence-electron chi connectivity index (χ3n) is 10.5. The predicted molar refractivity (Wildman–Crippen MR) is 225 cm³/mol. The van der Waals surface area contributed by atoms with Crippen LogP contribution in [-0.4, -0.2) is 0 Å². The molecule has 1 nitrogen and oxygen atoms in total. The molecule has 248 valence electrons. The van der Waals surface area contributed by atoms with Gasteiger partial charge in [0.05, 0.1) is 0 Å². The van der Waals surface area contributed by atoms with E-state index < -0.39 is 0 Å². The molecule has 0 amide bonds. The molecule has 0 spiro atoms. The summed E-state index contributed by atoms with van der Waals surface area (Å²) in [5.74, 6) is 1.62. The highest BCUT2D eigenvalue weighted by molar-refractivity contribution is 6.26. The van der Waals surface area contributed by atoms with Gasteiger partial charge in [0.1, 0.15) is 11.5 Å². The first-order chi connectivity index (χ1) is 26.3. The lowest BCUT2D eigenvalue weighted by atomic mass is 9.82. The molecule has 10 aromatic carbocycles. The highest BCUT2D eigenvalue weighted by atomic mass is 16.5. The Labute approximate surface area is 309 Å². The van der Waals surface area contributed by atoms with Crippen LogP contribution in [0.25, 0.3) is 87.6 Å². The van der Waals surface area contributed by atoms with Crippen LogP contribution in [0.1, 0.15) is 0 Å². The molecule has 0 aromatic heterocycles. The van der Waals surface area contributed by atoms with Gasteiger partial charge in [-0.1, -0.05) is 170 Å². The lowest BCUT2D eigenvalue weighted by molar-refractivity contribution is 0.483. The first-order valence-electron chi connectivity index (χ1n) is 18.2. The van der Waals surface area contributed by atoms with Crippen molar-refractivity contribution in [2.45, 2.75) is 0 Å². The Hall–Kier alpha value is -6.96. The third-order valence-corrected chi connectivity index (χ3v) is 10.5. The smallest absolute Gasteiger partial charge is 0.128 e. The molecule has 0 bridgehead atoms. The minimum absolute atomic E-state index is 0.806. The number of hydrogen-bond donors (Lipinski definition) is 0. The molecule has 0 radical (unpaired) electrons. The fraction of sp³-hybridized carbons (Fsp3) is 0. The van der Waals surface area contributed by atoms with Crippen LogP contribution in [0, 0.1) is 0 Å². The van der Waals surface area contributed by atoms with Gasteiger partial charge in [-0.15, -0.1) is 0 Å². The van der Waals surface area contributed by atoms with Gasteiger partial charge >= 0.3 is 0 Å². The molecule has 0 aliphatic rings. The monoisotopic (exact) mass is 674 g/mol. The van der Waals surface area contributed by atoms with Gasteiger partial charge < -0.3 is 4.74 Å². The maximum absolute atomic E-state index is 6.53. The Morgan fingerprint density at radius 2 is 0.792 bits per heavy atom. The summed E-state index contributed by atoms with van der Waals surface area (Å²) in [7, 11) is 0. The lowest BCUT2D eigenvalue weighted by Gasteiger charge is -2.21. The number of para-hydroxylation sites is 1. The molecule has 0 aliphatic carbocycles. The van der Waals surface area contributed by atoms with Crippen LogP contribution >= 0.6 is 0 Å². The molecular formula is C52H34O. The van der Waals surface area contributed by atoms with E-state index in [0.717, 1.165) is 16.9 Å². The van der Waals surface area contributed by atoms with Crippen LogP contribution in [0.3, 0.4) is 0 Å². The molecule has 0 N–H and O–H groups in total. The summed E-state index contributed by atoms with van der Waals surface area (Å²) in [6.07, 6.45) is 0. The molecule has 1 heteroatoms. The summed E-state index contributed by atoms with van der Waals surface area (Å²) >= 11 is 0. The van der Waals surface area contributed by atoms with Gasteiger partial charge in [0.15, 0.2) is 0 Å². The second-order valence-corrected chi connectivity index (χ2v) is 13.6. The molecule has 0 heterocycles. The molecular weight excluding hydrogens is 641 g/mol. The highest BCUT2D eigenvalue weighted by Gasteiger charge is 2.21. The van der Waals surface area contributed by atoms with Crippen molar-refractivity contribution in [2.24, 2.45) is 0 Å². The molecule has 10 aromatic rings. The molecule has 0 fully saturated rings.